The number of para-hydroxylation sites is 1. The van der Waals surface area contributed by atoms with Gasteiger partial charge in [-0.3, -0.25) is 0 Å². The van der Waals surface area contributed by atoms with Gasteiger partial charge >= 0.3 is 0 Å². The van der Waals surface area contributed by atoms with E-state index in [2.05, 4.69) is 21.2 Å². The van der Waals surface area contributed by atoms with Gasteiger partial charge in [-0.2, -0.15) is 0 Å². The van der Waals surface area contributed by atoms with Gasteiger partial charge in [0.2, 0.25) is 0 Å². The Hall–Kier alpha value is -1.10. The summed E-state index contributed by atoms with van der Waals surface area (Å²) in [7, 11) is 1.87. The van der Waals surface area contributed by atoms with E-state index in [1.807, 2.05) is 25.2 Å². The quantitative estimate of drug-likeness (QED) is 0.847. The van der Waals surface area contributed by atoms with E-state index in [1.54, 1.807) is 0 Å². The minimum Gasteiger partial charge on any atom is -0.487 e. The second-order valence-electron chi connectivity index (χ2n) is 4.28. The molecule has 0 saturated heterocycles. The van der Waals surface area contributed by atoms with Crippen LogP contribution in [0.1, 0.15) is 11.1 Å². The number of rotatable bonds is 5. The molecule has 0 amide bonds. The summed E-state index contributed by atoms with van der Waals surface area (Å²) in [5, 5.41) is 3.58. The predicted octanol–water partition coefficient (Wildman–Crippen LogP) is 4.54. The first-order valence-corrected chi connectivity index (χ1v) is 7.27. The number of hydrogen-bond acceptors (Lipinski definition) is 2. The van der Waals surface area contributed by atoms with E-state index in [4.69, 9.17) is 16.3 Å². The lowest BCUT2D eigenvalue weighted by atomic mass is 10.2. The maximum absolute atomic E-state index is 13.2. The van der Waals surface area contributed by atoms with Gasteiger partial charge in [0.05, 0.1) is 4.47 Å². The minimum atomic E-state index is -0.324. The highest BCUT2D eigenvalue weighted by Crippen LogP contribution is 2.30. The van der Waals surface area contributed by atoms with Crippen LogP contribution in [0.4, 0.5) is 4.39 Å². The molecule has 0 bridgehead atoms. The lowest BCUT2D eigenvalue weighted by molar-refractivity contribution is 0.300. The molecule has 0 aliphatic heterocycles. The van der Waals surface area contributed by atoms with Crippen molar-refractivity contribution < 1.29 is 9.13 Å². The number of nitrogens with one attached hydrogen (secondary N) is 1. The number of halogens is 3. The molecule has 20 heavy (non-hydrogen) atoms. The van der Waals surface area contributed by atoms with Gasteiger partial charge in [0.1, 0.15) is 18.2 Å². The Morgan fingerprint density at radius 1 is 1.25 bits per heavy atom. The summed E-state index contributed by atoms with van der Waals surface area (Å²) in [6.07, 6.45) is 0. The van der Waals surface area contributed by atoms with Gasteiger partial charge in [-0.25, -0.2) is 4.39 Å². The molecule has 2 nitrogen and oxygen atoms in total. The van der Waals surface area contributed by atoms with Crippen molar-refractivity contribution in [3.63, 3.8) is 0 Å². The van der Waals surface area contributed by atoms with Crippen molar-refractivity contribution in [2.45, 2.75) is 13.2 Å². The Bertz CT molecular complexity index is 606. The molecule has 0 unspecified atom stereocenters. The zero-order valence-electron chi connectivity index (χ0n) is 10.9. The van der Waals surface area contributed by atoms with Gasteiger partial charge in [-0.05, 0) is 47.2 Å². The van der Waals surface area contributed by atoms with Crippen molar-refractivity contribution >= 4 is 27.5 Å². The summed E-state index contributed by atoms with van der Waals surface area (Å²) in [6.45, 7) is 0.904. The maximum atomic E-state index is 13.2. The molecule has 2 aromatic carbocycles. The SMILES string of the molecule is CNCc1cccc(Br)c1OCc1cc(F)ccc1Cl. The van der Waals surface area contributed by atoms with Crippen molar-refractivity contribution in [3.05, 3.63) is 62.8 Å². The molecule has 0 spiro atoms. The van der Waals surface area contributed by atoms with Crippen LogP contribution in [-0.4, -0.2) is 7.05 Å². The largest absolute Gasteiger partial charge is 0.487 e. The number of ether oxygens (including phenoxy) is 1. The van der Waals surface area contributed by atoms with E-state index < -0.39 is 0 Å². The zero-order chi connectivity index (χ0) is 14.5. The summed E-state index contributed by atoms with van der Waals surface area (Å²) in [6, 6.07) is 10.1. The third-order valence-corrected chi connectivity index (χ3v) is 3.79. The van der Waals surface area contributed by atoms with Crippen LogP contribution in [0.25, 0.3) is 0 Å². The summed E-state index contributed by atoms with van der Waals surface area (Å²) in [5.74, 6) is 0.415. The number of hydrogen-bond donors (Lipinski definition) is 1. The molecule has 0 fully saturated rings. The normalized spacial score (nSPS) is 10.6. The number of benzene rings is 2. The molecule has 0 saturated carbocycles. The van der Waals surface area contributed by atoms with Crippen molar-refractivity contribution in [2.24, 2.45) is 0 Å². The van der Waals surface area contributed by atoms with Crippen LogP contribution < -0.4 is 10.1 Å². The average molecular weight is 359 g/mol. The molecule has 0 aromatic heterocycles. The molecular formula is C15H14BrClFNO. The van der Waals surface area contributed by atoms with Crippen LogP contribution >= 0.6 is 27.5 Å². The van der Waals surface area contributed by atoms with E-state index in [1.165, 1.54) is 18.2 Å². The van der Waals surface area contributed by atoms with Crippen LogP contribution in [0, 0.1) is 5.82 Å². The third-order valence-electron chi connectivity index (χ3n) is 2.80. The molecule has 0 aliphatic rings. The highest BCUT2D eigenvalue weighted by Gasteiger charge is 2.09. The Labute approximate surface area is 131 Å². The second-order valence-corrected chi connectivity index (χ2v) is 5.54. The van der Waals surface area contributed by atoms with Crippen LogP contribution in [-0.2, 0) is 13.2 Å². The Morgan fingerprint density at radius 2 is 2.05 bits per heavy atom. The van der Waals surface area contributed by atoms with Gasteiger partial charge in [0.15, 0.2) is 0 Å². The molecule has 106 valence electrons. The monoisotopic (exact) mass is 357 g/mol. The Morgan fingerprint density at radius 3 is 2.80 bits per heavy atom. The molecular weight excluding hydrogens is 345 g/mol. The zero-order valence-corrected chi connectivity index (χ0v) is 13.3. The smallest absolute Gasteiger partial charge is 0.138 e. The lowest BCUT2D eigenvalue weighted by Gasteiger charge is -2.14. The molecule has 1 N–H and O–H groups in total. The van der Waals surface area contributed by atoms with E-state index in [0.717, 1.165) is 15.8 Å². The first-order chi connectivity index (χ1) is 9.61. The maximum Gasteiger partial charge on any atom is 0.138 e. The molecule has 0 atom stereocenters. The second kappa shape index (κ2) is 7.07. The Kier molecular flexibility index (Phi) is 5.40. The van der Waals surface area contributed by atoms with E-state index in [9.17, 15) is 4.39 Å². The van der Waals surface area contributed by atoms with Crippen molar-refractivity contribution in [1.82, 2.24) is 5.32 Å². The van der Waals surface area contributed by atoms with Crippen molar-refractivity contribution in [1.29, 1.82) is 0 Å². The summed E-state index contributed by atoms with van der Waals surface area (Å²) in [5.41, 5.74) is 1.65. The van der Waals surface area contributed by atoms with Gasteiger partial charge in [0, 0.05) is 22.7 Å². The molecule has 0 radical (unpaired) electrons. The molecule has 2 rings (SSSR count). The summed E-state index contributed by atoms with van der Waals surface area (Å²) >= 11 is 9.50. The fourth-order valence-corrected chi connectivity index (χ4v) is 2.54. The van der Waals surface area contributed by atoms with Crippen LogP contribution in [0.2, 0.25) is 5.02 Å². The molecule has 0 aliphatic carbocycles. The summed E-state index contributed by atoms with van der Waals surface area (Å²) in [4.78, 5) is 0. The summed E-state index contributed by atoms with van der Waals surface area (Å²) < 4.78 is 19.9. The molecule has 2 aromatic rings. The fourth-order valence-electron chi connectivity index (χ4n) is 1.85. The average Bonchev–Trinajstić information content (AvgIpc) is 2.42. The highest BCUT2D eigenvalue weighted by molar-refractivity contribution is 9.10. The standard InChI is InChI=1S/C15H14BrClFNO/c1-19-8-10-3-2-4-13(16)15(10)20-9-11-7-12(18)5-6-14(11)17/h2-7,19H,8-9H2,1H3. The van der Waals surface area contributed by atoms with Gasteiger partial charge in [0.25, 0.3) is 0 Å². The van der Waals surface area contributed by atoms with E-state index >= 15 is 0 Å². The first kappa shape index (κ1) is 15.3. The Balaban J connectivity index is 2.20. The minimum absolute atomic E-state index is 0.218. The first-order valence-electron chi connectivity index (χ1n) is 6.10. The third kappa shape index (κ3) is 3.72. The van der Waals surface area contributed by atoms with Crippen molar-refractivity contribution in [2.75, 3.05) is 7.05 Å². The lowest BCUT2D eigenvalue weighted by Crippen LogP contribution is -2.08. The topological polar surface area (TPSA) is 21.3 Å². The molecule has 5 heteroatoms. The van der Waals surface area contributed by atoms with Crippen LogP contribution in [0.15, 0.2) is 40.9 Å². The van der Waals surface area contributed by atoms with Gasteiger partial charge in [-0.1, -0.05) is 23.7 Å². The van der Waals surface area contributed by atoms with Crippen LogP contribution in [0.3, 0.4) is 0 Å². The highest BCUT2D eigenvalue weighted by atomic mass is 79.9. The van der Waals surface area contributed by atoms with Gasteiger partial charge in [-0.15, -0.1) is 0 Å². The van der Waals surface area contributed by atoms with Crippen molar-refractivity contribution in [3.8, 4) is 5.75 Å². The van der Waals surface area contributed by atoms with Gasteiger partial charge < -0.3 is 10.1 Å². The van der Waals surface area contributed by atoms with E-state index in [-0.39, 0.29) is 12.4 Å². The van der Waals surface area contributed by atoms with Crippen LogP contribution in [0.5, 0.6) is 5.75 Å². The molecule has 0 heterocycles. The predicted molar refractivity (Wildman–Crippen MR) is 82.6 cm³/mol. The van der Waals surface area contributed by atoms with E-state index in [0.29, 0.717) is 17.1 Å². The fraction of sp³-hybridized carbons (Fsp3) is 0.200.